The van der Waals surface area contributed by atoms with E-state index in [2.05, 4.69) is 5.32 Å². The Hall–Kier alpha value is -2.49. The molecule has 1 aliphatic rings. The second-order valence-electron chi connectivity index (χ2n) is 6.77. The van der Waals surface area contributed by atoms with Crippen molar-refractivity contribution >= 4 is 21.6 Å². The van der Waals surface area contributed by atoms with Crippen LogP contribution in [0.25, 0.3) is 0 Å². The summed E-state index contributed by atoms with van der Waals surface area (Å²) >= 11 is 0. The number of ether oxygens (including phenoxy) is 1. The van der Waals surface area contributed by atoms with Crippen molar-refractivity contribution in [3.05, 3.63) is 54.3 Å². The molecule has 1 aliphatic heterocycles. The molecule has 0 spiro atoms. The minimum Gasteiger partial charge on any atom is -0.492 e. The number of piperazine rings is 1. The molecule has 156 valence electrons. The molecule has 1 saturated heterocycles. The number of carbonyl (C=O) groups is 1. The maximum absolute atomic E-state index is 13.4. The number of nitrogens with zero attached hydrogens (tertiary/aromatic N) is 1. The van der Waals surface area contributed by atoms with E-state index in [1.165, 1.54) is 22.5 Å². The Morgan fingerprint density at radius 1 is 1.17 bits per heavy atom. The van der Waals surface area contributed by atoms with Crippen LogP contribution in [0, 0.1) is 5.82 Å². The Bertz CT molecular complexity index is 960. The lowest BCUT2D eigenvalue weighted by Crippen LogP contribution is -3.15. The highest BCUT2D eigenvalue weighted by atomic mass is 32.2. The van der Waals surface area contributed by atoms with Gasteiger partial charge in [-0.15, -0.1) is 0 Å². The molecule has 29 heavy (non-hydrogen) atoms. The largest absolute Gasteiger partial charge is 0.492 e. The summed E-state index contributed by atoms with van der Waals surface area (Å²) in [4.78, 5) is 13.4. The molecule has 0 atom stereocenters. The number of anilines is 1. The van der Waals surface area contributed by atoms with Gasteiger partial charge in [0, 0.05) is 0 Å². The highest BCUT2D eigenvalue weighted by Gasteiger charge is 2.31. The number of nitrogens with one attached hydrogen (secondary N) is 2. The summed E-state index contributed by atoms with van der Waals surface area (Å²) in [6.07, 6.45) is 0. The Morgan fingerprint density at radius 2 is 1.90 bits per heavy atom. The van der Waals surface area contributed by atoms with E-state index in [-0.39, 0.29) is 30.4 Å². The normalized spacial score (nSPS) is 15.8. The predicted octanol–water partition coefficient (Wildman–Crippen LogP) is 0.752. The third kappa shape index (κ3) is 5.31. The van der Waals surface area contributed by atoms with Gasteiger partial charge in [0.25, 0.3) is 5.91 Å². The molecule has 2 aromatic carbocycles. The quantitative estimate of drug-likeness (QED) is 0.690. The molecule has 1 amide bonds. The third-order valence-corrected chi connectivity index (χ3v) is 6.63. The van der Waals surface area contributed by atoms with Gasteiger partial charge in [-0.25, -0.2) is 12.8 Å². The van der Waals surface area contributed by atoms with Crippen LogP contribution in [-0.2, 0) is 14.8 Å². The van der Waals surface area contributed by atoms with Gasteiger partial charge in [-0.05, 0) is 37.3 Å². The Labute approximate surface area is 170 Å². The van der Waals surface area contributed by atoms with E-state index in [1.807, 2.05) is 19.1 Å². The highest BCUT2D eigenvalue weighted by Crippen LogP contribution is 2.23. The SMILES string of the molecule is CCOc1ccccc1NC(=O)C[NH+]1CCN(S(=O)(=O)c2cccc(F)c2)CC1. The number of carbonyl (C=O) groups excluding carboxylic acids is 1. The summed E-state index contributed by atoms with van der Waals surface area (Å²) < 4.78 is 45.6. The van der Waals surface area contributed by atoms with E-state index in [4.69, 9.17) is 4.74 Å². The van der Waals surface area contributed by atoms with Gasteiger partial charge < -0.3 is 15.0 Å². The monoisotopic (exact) mass is 422 g/mol. The zero-order valence-corrected chi connectivity index (χ0v) is 17.0. The average Bonchev–Trinajstić information content (AvgIpc) is 2.70. The maximum Gasteiger partial charge on any atom is 0.279 e. The first-order valence-corrected chi connectivity index (χ1v) is 10.9. The minimum atomic E-state index is -3.73. The molecule has 0 aromatic heterocycles. The standard InChI is InChI=1S/C20H24FN3O4S/c1-2-28-19-9-4-3-8-18(19)22-20(25)15-23-10-12-24(13-11-23)29(26,27)17-7-5-6-16(21)14-17/h3-9,14H,2,10-13,15H2,1H3,(H,22,25)/p+1. The summed E-state index contributed by atoms with van der Waals surface area (Å²) in [5.74, 6) is -0.128. The van der Waals surface area contributed by atoms with Gasteiger partial charge >= 0.3 is 0 Å². The molecule has 0 saturated carbocycles. The molecule has 7 nitrogen and oxygen atoms in total. The predicted molar refractivity (Wildman–Crippen MR) is 107 cm³/mol. The molecule has 1 fully saturated rings. The number of benzene rings is 2. The van der Waals surface area contributed by atoms with Gasteiger partial charge in [-0.3, -0.25) is 4.79 Å². The maximum atomic E-state index is 13.4. The highest BCUT2D eigenvalue weighted by molar-refractivity contribution is 7.89. The summed E-state index contributed by atoms with van der Waals surface area (Å²) in [5.41, 5.74) is 0.617. The van der Waals surface area contributed by atoms with Gasteiger partial charge in [0.05, 0.1) is 43.4 Å². The molecule has 0 radical (unpaired) electrons. The van der Waals surface area contributed by atoms with Crippen LogP contribution >= 0.6 is 0 Å². The number of para-hydroxylation sites is 2. The number of halogens is 1. The first kappa shape index (κ1) is 21.2. The van der Waals surface area contributed by atoms with Crippen molar-refractivity contribution in [3.8, 4) is 5.75 Å². The van der Waals surface area contributed by atoms with Crippen LogP contribution in [0.1, 0.15) is 6.92 Å². The summed E-state index contributed by atoms with van der Waals surface area (Å²) in [6, 6.07) is 12.2. The number of hydrogen-bond acceptors (Lipinski definition) is 4. The Balaban J connectivity index is 1.55. The van der Waals surface area contributed by atoms with E-state index in [0.29, 0.717) is 31.1 Å². The lowest BCUT2D eigenvalue weighted by atomic mass is 10.3. The average molecular weight is 423 g/mol. The first-order chi connectivity index (χ1) is 13.9. The van der Waals surface area contributed by atoms with Crippen LogP contribution in [0.4, 0.5) is 10.1 Å². The number of quaternary nitrogens is 1. The van der Waals surface area contributed by atoms with Crippen molar-refractivity contribution < 1.29 is 27.2 Å². The van der Waals surface area contributed by atoms with Crippen LogP contribution in [0.5, 0.6) is 5.75 Å². The number of sulfonamides is 1. The fourth-order valence-electron chi connectivity index (χ4n) is 3.27. The lowest BCUT2D eigenvalue weighted by molar-refractivity contribution is -0.895. The van der Waals surface area contributed by atoms with Crippen molar-refractivity contribution in [2.24, 2.45) is 0 Å². The summed E-state index contributed by atoms with van der Waals surface area (Å²) in [6.45, 7) is 4.15. The molecule has 0 aliphatic carbocycles. The molecule has 3 rings (SSSR count). The van der Waals surface area contributed by atoms with Gasteiger partial charge in [-0.1, -0.05) is 18.2 Å². The molecule has 2 aromatic rings. The van der Waals surface area contributed by atoms with E-state index >= 15 is 0 Å². The third-order valence-electron chi connectivity index (χ3n) is 4.73. The fraction of sp³-hybridized carbons (Fsp3) is 0.350. The molecule has 0 unspecified atom stereocenters. The van der Waals surface area contributed by atoms with E-state index in [0.717, 1.165) is 11.0 Å². The second-order valence-corrected chi connectivity index (χ2v) is 8.70. The van der Waals surface area contributed by atoms with Gasteiger partial charge in [-0.2, -0.15) is 4.31 Å². The van der Waals surface area contributed by atoms with Crippen molar-refractivity contribution in [2.45, 2.75) is 11.8 Å². The van der Waals surface area contributed by atoms with E-state index in [1.54, 1.807) is 12.1 Å². The number of amides is 1. The fourth-order valence-corrected chi connectivity index (χ4v) is 4.74. The minimum absolute atomic E-state index is 0.0498. The number of rotatable bonds is 7. The van der Waals surface area contributed by atoms with E-state index in [9.17, 15) is 17.6 Å². The summed E-state index contributed by atoms with van der Waals surface area (Å²) in [5, 5.41) is 2.86. The number of hydrogen-bond donors (Lipinski definition) is 2. The smallest absolute Gasteiger partial charge is 0.279 e. The van der Waals surface area contributed by atoms with Gasteiger partial charge in [0.15, 0.2) is 6.54 Å². The van der Waals surface area contributed by atoms with Gasteiger partial charge in [0.1, 0.15) is 11.6 Å². The van der Waals surface area contributed by atoms with Crippen LogP contribution in [0.2, 0.25) is 0 Å². The Morgan fingerprint density at radius 3 is 2.59 bits per heavy atom. The van der Waals surface area contributed by atoms with Crippen LogP contribution in [0.15, 0.2) is 53.4 Å². The van der Waals surface area contributed by atoms with Crippen molar-refractivity contribution in [2.75, 3.05) is 44.6 Å². The zero-order valence-electron chi connectivity index (χ0n) is 16.2. The topological polar surface area (TPSA) is 80.2 Å². The van der Waals surface area contributed by atoms with Crippen molar-refractivity contribution in [1.82, 2.24) is 4.31 Å². The van der Waals surface area contributed by atoms with Gasteiger partial charge in [0.2, 0.25) is 10.0 Å². The molecule has 9 heteroatoms. The first-order valence-electron chi connectivity index (χ1n) is 9.51. The lowest BCUT2D eigenvalue weighted by Gasteiger charge is -2.31. The molecule has 2 N–H and O–H groups in total. The van der Waals surface area contributed by atoms with Crippen LogP contribution < -0.4 is 15.0 Å². The molecular weight excluding hydrogens is 397 g/mol. The molecule has 1 heterocycles. The Kier molecular flexibility index (Phi) is 6.83. The van der Waals surface area contributed by atoms with E-state index < -0.39 is 15.8 Å². The van der Waals surface area contributed by atoms with Crippen LogP contribution in [-0.4, -0.2) is 58.0 Å². The van der Waals surface area contributed by atoms with Crippen molar-refractivity contribution in [3.63, 3.8) is 0 Å². The summed E-state index contributed by atoms with van der Waals surface area (Å²) in [7, 11) is -3.73. The molecular formula is C20H25FN3O4S+. The van der Waals surface area contributed by atoms with Crippen molar-refractivity contribution in [1.29, 1.82) is 0 Å². The van der Waals surface area contributed by atoms with Crippen LogP contribution in [0.3, 0.4) is 0 Å². The molecule has 0 bridgehead atoms. The second kappa shape index (κ2) is 9.34. The zero-order chi connectivity index (χ0) is 20.9.